The van der Waals surface area contributed by atoms with Crippen LogP contribution in [0.25, 0.3) is 0 Å². The SMILES string of the molecule is O=C(Cl)c1ccccc1OC(=O)c1ccccc1[N+](=O)[O-]. The first-order valence-electron chi connectivity index (χ1n) is 5.75. The number of carbonyl (C=O) groups excluding carboxylic acids is 2. The molecule has 6 nitrogen and oxygen atoms in total. The van der Waals surface area contributed by atoms with Crippen molar-refractivity contribution in [2.75, 3.05) is 0 Å². The molecule has 0 aromatic heterocycles. The van der Waals surface area contributed by atoms with E-state index in [4.69, 9.17) is 16.3 Å². The van der Waals surface area contributed by atoms with E-state index in [9.17, 15) is 19.7 Å². The third kappa shape index (κ3) is 3.24. The second kappa shape index (κ2) is 6.15. The number of nitro groups is 1. The number of esters is 1. The zero-order chi connectivity index (χ0) is 15.4. The molecule has 7 heteroatoms. The minimum atomic E-state index is -0.937. The molecule has 2 aromatic carbocycles. The number of nitrogens with zero attached hydrogens (tertiary/aromatic N) is 1. The number of carbonyl (C=O) groups is 2. The summed E-state index contributed by atoms with van der Waals surface area (Å²) in [5.74, 6) is -0.992. The highest BCUT2D eigenvalue weighted by molar-refractivity contribution is 6.68. The van der Waals surface area contributed by atoms with Crippen LogP contribution in [0.4, 0.5) is 5.69 Å². The fraction of sp³-hybridized carbons (Fsp3) is 0. The quantitative estimate of drug-likeness (QED) is 0.285. The van der Waals surface area contributed by atoms with Crippen LogP contribution in [0.3, 0.4) is 0 Å². The fourth-order valence-electron chi connectivity index (χ4n) is 1.68. The molecule has 0 aliphatic rings. The number of para-hydroxylation sites is 2. The predicted octanol–water partition coefficient (Wildman–Crippen LogP) is 3.19. The maximum absolute atomic E-state index is 12.0. The Labute approximate surface area is 124 Å². The van der Waals surface area contributed by atoms with Gasteiger partial charge in [-0.05, 0) is 29.8 Å². The lowest BCUT2D eigenvalue weighted by Crippen LogP contribution is -2.12. The number of benzene rings is 2. The molecule has 0 atom stereocenters. The Balaban J connectivity index is 2.36. The lowest BCUT2D eigenvalue weighted by Gasteiger charge is -2.07. The Bertz CT molecular complexity index is 729. The molecule has 0 saturated heterocycles. The molecule has 0 aliphatic heterocycles. The van der Waals surface area contributed by atoms with E-state index < -0.39 is 16.1 Å². The minimum absolute atomic E-state index is 0.00565. The van der Waals surface area contributed by atoms with Gasteiger partial charge in [-0.25, -0.2) is 4.79 Å². The van der Waals surface area contributed by atoms with Gasteiger partial charge in [0.2, 0.25) is 0 Å². The average molecular weight is 306 g/mol. The van der Waals surface area contributed by atoms with Gasteiger partial charge in [0.1, 0.15) is 11.3 Å². The van der Waals surface area contributed by atoms with Crippen molar-refractivity contribution in [3.8, 4) is 5.75 Å². The number of nitro benzene ring substituents is 1. The largest absolute Gasteiger partial charge is 0.422 e. The summed E-state index contributed by atoms with van der Waals surface area (Å²) in [5, 5.41) is 10.1. The van der Waals surface area contributed by atoms with Crippen LogP contribution in [-0.2, 0) is 0 Å². The van der Waals surface area contributed by atoms with Crippen molar-refractivity contribution in [1.82, 2.24) is 0 Å². The van der Waals surface area contributed by atoms with E-state index >= 15 is 0 Å². The third-order valence-corrected chi connectivity index (χ3v) is 2.83. The van der Waals surface area contributed by atoms with E-state index in [2.05, 4.69) is 0 Å². The van der Waals surface area contributed by atoms with Gasteiger partial charge in [-0.2, -0.15) is 0 Å². The van der Waals surface area contributed by atoms with Crippen molar-refractivity contribution >= 4 is 28.5 Å². The van der Waals surface area contributed by atoms with E-state index in [1.54, 1.807) is 12.1 Å². The second-order valence-corrected chi connectivity index (χ2v) is 4.28. The molecule has 0 spiro atoms. The maximum atomic E-state index is 12.0. The predicted molar refractivity (Wildman–Crippen MR) is 74.7 cm³/mol. The summed E-state index contributed by atoms with van der Waals surface area (Å²) in [6, 6.07) is 11.2. The van der Waals surface area contributed by atoms with Gasteiger partial charge in [0.15, 0.2) is 0 Å². The molecule has 0 fully saturated rings. The van der Waals surface area contributed by atoms with E-state index in [1.165, 1.54) is 36.4 Å². The summed E-state index contributed by atoms with van der Waals surface area (Å²) in [6.07, 6.45) is 0. The molecule has 0 N–H and O–H groups in total. The zero-order valence-electron chi connectivity index (χ0n) is 10.5. The summed E-state index contributed by atoms with van der Waals surface area (Å²) >= 11 is 5.38. The van der Waals surface area contributed by atoms with Crippen LogP contribution in [-0.4, -0.2) is 16.1 Å². The van der Waals surface area contributed by atoms with Gasteiger partial charge in [-0.3, -0.25) is 14.9 Å². The highest BCUT2D eigenvalue weighted by atomic mass is 35.5. The molecular weight excluding hydrogens is 298 g/mol. The van der Waals surface area contributed by atoms with Gasteiger partial charge in [0.05, 0.1) is 10.5 Å². The second-order valence-electron chi connectivity index (χ2n) is 3.93. The first-order valence-corrected chi connectivity index (χ1v) is 6.13. The van der Waals surface area contributed by atoms with E-state index in [1.807, 2.05) is 0 Å². The zero-order valence-corrected chi connectivity index (χ0v) is 11.2. The fourth-order valence-corrected chi connectivity index (χ4v) is 1.83. The van der Waals surface area contributed by atoms with Crippen molar-refractivity contribution in [3.63, 3.8) is 0 Å². The Morgan fingerprint density at radius 3 is 2.19 bits per heavy atom. The van der Waals surface area contributed by atoms with Gasteiger partial charge >= 0.3 is 5.97 Å². The Morgan fingerprint density at radius 2 is 1.57 bits per heavy atom. The summed E-state index contributed by atoms with van der Waals surface area (Å²) in [4.78, 5) is 33.4. The molecule has 0 amide bonds. The molecule has 2 rings (SSSR count). The number of ether oxygens (including phenoxy) is 1. The summed E-state index contributed by atoms with van der Waals surface area (Å²) < 4.78 is 5.04. The number of hydrogen-bond acceptors (Lipinski definition) is 5. The molecular formula is C14H8ClNO5. The van der Waals surface area contributed by atoms with Gasteiger partial charge in [0, 0.05) is 6.07 Å². The molecule has 0 bridgehead atoms. The van der Waals surface area contributed by atoms with Crippen LogP contribution in [0.15, 0.2) is 48.5 Å². The van der Waals surface area contributed by atoms with Crippen LogP contribution in [0.5, 0.6) is 5.75 Å². The molecule has 0 unspecified atom stereocenters. The standard InChI is InChI=1S/C14H8ClNO5/c15-13(17)10-6-2-4-8-12(10)21-14(18)9-5-1-3-7-11(9)16(19)20/h1-8H. The number of halogens is 1. The van der Waals surface area contributed by atoms with Gasteiger partial charge in [-0.15, -0.1) is 0 Å². The number of hydrogen-bond donors (Lipinski definition) is 0. The topological polar surface area (TPSA) is 86.5 Å². The molecule has 2 aromatic rings. The van der Waals surface area contributed by atoms with E-state index in [0.717, 1.165) is 0 Å². The van der Waals surface area contributed by atoms with Crippen molar-refractivity contribution in [3.05, 3.63) is 69.8 Å². The van der Waals surface area contributed by atoms with Crippen molar-refractivity contribution in [2.24, 2.45) is 0 Å². The van der Waals surface area contributed by atoms with Gasteiger partial charge in [-0.1, -0.05) is 24.3 Å². The minimum Gasteiger partial charge on any atom is -0.422 e. The highest BCUT2D eigenvalue weighted by Gasteiger charge is 2.22. The monoisotopic (exact) mass is 305 g/mol. The Kier molecular flexibility index (Phi) is 4.30. The molecule has 0 aliphatic carbocycles. The average Bonchev–Trinajstić information content (AvgIpc) is 2.47. The van der Waals surface area contributed by atoms with Crippen molar-refractivity contribution in [2.45, 2.75) is 0 Å². The van der Waals surface area contributed by atoms with Crippen molar-refractivity contribution < 1.29 is 19.2 Å². The number of rotatable bonds is 4. The normalized spacial score (nSPS) is 9.95. The summed E-state index contributed by atoms with van der Waals surface area (Å²) in [7, 11) is 0. The van der Waals surface area contributed by atoms with Crippen LogP contribution in [0, 0.1) is 10.1 Å². The summed E-state index contributed by atoms with van der Waals surface area (Å²) in [5.41, 5.74) is -0.581. The van der Waals surface area contributed by atoms with E-state index in [0.29, 0.717) is 0 Å². The van der Waals surface area contributed by atoms with Crippen LogP contribution in [0.1, 0.15) is 20.7 Å². The molecule has 0 saturated carbocycles. The van der Waals surface area contributed by atoms with Crippen molar-refractivity contribution in [1.29, 1.82) is 0 Å². The smallest absolute Gasteiger partial charge is 0.350 e. The molecule has 21 heavy (non-hydrogen) atoms. The van der Waals surface area contributed by atoms with Crippen LogP contribution < -0.4 is 4.74 Å². The molecule has 0 heterocycles. The first kappa shape index (κ1) is 14.7. The van der Waals surface area contributed by atoms with Crippen LogP contribution in [0.2, 0.25) is 0 Å². The maximum Gasteiger partial charge on any atom is 0.350 e. The Morgan fingerprint density at radius 1 is 1.00 bits per heavy atom. The Hall–Kier alpha value is -2.73. The van der Waals surface area contributed by atoms with Crippen LogP contribution >= 0.6 is 11.6 Å². The summed E-state index contributed by atoms with van der Waals surface area (Å²) in [6.45, 7) is 0. The lowest BCUT2D eigenvalue weighted by atomic mass is 10.2. The molecule has 106 valence electrons. The lowest BCUT2D eigenvalue weighted by molar-refractivity contribution is -0.385. The van der Waals surface area contributed by atoms with E-state index in [-0.39, 0.29) is 22.6 Å². The molecule has 0 radical (unpaired) electrons. The third-order valence-electron chi connectivity index (χ3n) is 2.62. The highest BCUT2D eigenvalue weighted by Crippen LogP contribution is 2.24. The van der Waals surface area contributed by atoms with Gasteiger partial charge < -0.3 is 4.74 Å². The van der Waals surface area contributed by atoms with Gasteiger partial charge in [0.25, 0.3) is 10.9 Å². The first-order chi connectivity index (χ1) is 10.0.